The largest absolute Gasteiger partial charge is 1.00 e. The molecule has 0 aliphatic carbocycles. The molecule has 1 unspecified atom stereocenters. The number of aromatic nitrogens is 1. The molecule has 0 fully saturated rings. The van der Waals surface area contributed by atoms with Crippen LogP contribution in [0.2, 0.25) is 0 Å². The van der Waals surface area contributed by atoms with Gasteiger partial charge in [-0.2, -0.15) is 0 Å². The van der Waals surface area contributed by atoms with Crippen LogP contribution in [-0.2, 0) is 29.5 Å². The zero-order valence-electron chi connectivity index (χ0n) is 21.6. The molecule has 3 rings (SSSR count). The Morgan fingerprint density at radius 3 is 1.68 bits per heavy atom. The predicted molar refractivity (Wildman–Crippen MR) is 139 cm³/mol. The van der Waals surface area contributed by atoms with E-state index >= 15 is 0 Å². The van der Waals surface area contributed by atoms with Crippen molar-refractivity contribution in [1.82, 2.24) is 4.57 Å². The van der Waals surface area contributed by atoms with Gasteiger partial charge in [0, 0.05) is 33.6 Å². The summed E-state index contributed by atoms with van der Waals surface area (Å²) in [5, 5.41) is 1.60. The Morgan fingerprint density at radius 1 is 0.794 bits per heavy atom. The van der Waals surface area contributed by atoms with Crippen LogP contribution in [0.25, 0.3) is 21.8 Å². The van der Waals surface area contributed by atoms with E-state index in [-0.39, 0.29) is 29.6 Å². The van der Waals surface area contributed by atoms with E-state index in [9.17, 15) is 13.0 Å². The molecule has 0 spiro atoms. The van der Waals surface area contributed by atoms with Crippen LogP contribution < -0.4 is 29.6 Å². The summed E-state index contributed by atoms with van der Waals surface area (Å²) in [4.78, 5) is 0. The van der Waals surface area contributed by atoms with Crippen LogP contribution >= 0.6 is 0 Å². The maximum atomic E-state index is 11.4. The number of aryl methyl sites for hydroxylation is 3. The van der Waals surface area contributed by atoms with Crippen LogP contribution in [0.15, 0.2) is 36.4 Å². The second kappa shape index (κ2) is 14.0. The van der Waals surface area contributed by atoms with Crippen molar-refractivity contribution in [2.45, 2.75) is 103 Å². The summed E-state index contributed by atoms with van der Waals surface area (Å²) < 4.78 is 36.5. The van der Waals surface area contributed by atoms with Crippen LogP contribution in [0.1, 0.15) is 89.7 Å². The summed E-state index contributed by atoms with van der Waals surface area (Å²) in [7, 11) is -4.27. The van der Waals surface area contributed by atoms with Gasteiger partial charge in [-0.05, 0) is 74.4 Å². The van der Waals surface area contributed by atoms with Crippen molar-refractivity contribution in [3.05, 3.63) is 47.5 Å². The molecule has 182 valence electrons. The predicted octanol–water partition coefficient (Wildman–Crippen LogP) is 4.37. The van der Waals surface area contributed by atoms with E-state index in [2.05, 4.69) is 54.8 Å². The Labute approximate surface area is 228 Å². The van der Waals surface area contributed by atoms with Crippen molar-refractivity contribution >= 4 is 31.9 Å². The topological polar surface area (TPSA) is 62.1 Å². The van der Waals surface area contributed by atoms with Crippen LogP contribution in [0.3, 0.4) is 0 Å². The van der Waals surface area contributed by atoms with Crippen molar-refractivity contribution in [2.75, 3.05) is 0 Å². The Balaban J connectivity index is 0.00000408. The fraction of sp³-hybridized carbons (Fsp3) is 0.571. The molecule has 0 aliphatic rings. The average molecular weight is 494 g/mol. The minimum absolute atomic E-state index is 0. The first-order valence-electron chi connectivity index (χ1n) is 12.8. The molecule has 0 amide bonds. The summed E-state index contributed by atoms with van der Waals surface area (Å²) in [6.45, 7) is 6.51. The first-order chi connectivity index (χ1) is 15.8. The number of hydrogen-bond acceptors (Lipinski definition) is 3. The summed E-state index contributed by atoms with van der Waals surface area (Å²) in [5.74, 6) is 0. The quantitative estimate of drug-likeness (QED) is 0.190. The minimum Gasteiger partial charge on any atom is -0.748 e. The molecule has 6 heteroatoms. The molecule has 1 atom stereocenters. The van der Waals surface area contributed by atoms with Gasteiger partial charge in [-0.15, -0.1) is 0 Å². The standard InChI is InChI=1S/C28H41NO3S.Na/c1-4-6-8-10-12-23-14-16-27-25(20-23)26-21-24(13-11-9-7-5-2)15-17-28(26)29(27)19-18-22(3)33(30,31)32;/h14-17,20-22H,4-13,18-19H2,1-3H3,(H,30,31,32);/q;+1/p-1. The fourth-order valence-corrected chi connectivity index (χ4v) is 5.11. The van der Waals surface area contributed by atoms with Gasteiger partial charge in [0.15, 0.2) is 0 Å². The van der Waals surface area contributed by atoms with E-state index in [4.69, 9.17) is 0 Å². The van der Waals surface area contributed by atoms with E-state index in [0.29, 0.717) is 13.0 Å². The van der Waals surface area contributed by atoms with Crippen molar-refractivity contribution in [1.29, 1.82) is 0 Å². The van der Waals surface area contributed by atoms with E-state index in [1.807, 2.05) is 0 Å². The van der Waals surface area contributed by atoms with Crippen molar-refractivity contribution in [3.63, 3.8) is 0 Å². The number of unbranched alkanes of at least 4 members (excludes halogenated alkanes) is 6. The van der Waals surface area contributed by atoms with Crippen LogP contribution in [-0.4, -0.2) is 22.8 Å². The molecular weight excluding hydrogens is 453 g/mol. The van der Waals surface area contributed by atoms with Crippen LogP contribution in [0, 0.1) is 0 Å². The van der Waals surface area contributed by atoms with Gasteiger partial charge in [0.05, 0.1) is 10.1 Å². The summed E-state index contributed by atoms with van der Waals surface area (Å²) in [6.07, 6.45) is 12.5. The SMILES string of the molecule is CCCCCCc1ccc2c(c1)c1cc(CCCCCC)ccc1n2CCC(C)S(=O)(=O)[O-].[Na+]. The van der Waals surface area contributed by atoms with Gasteiger partial charge in [-0.1, -0.05) is 64.5 Å². The number of hydrogen-bond donors (Lipinski definition) is 0. The molecule has 0 radical (unpaired) electrons. The van der Waals surface area contributed by atoms with Gasteiger partial charge < -0.3 is 9.12 Å². The van der Waals surface area contributed by atoms with Gasteiger partial charge in [0.25, 0.3) is 0 Å². The van der Waals surface area contributed by atoms with Gasteiger partial charge in [0.2, 0.25) is 0 Å². The molecule has 0 aliphatic heterocycles. The van der Waals surface area contributed by atoms with Crippen molar-refractivity contribution < 1.29 is 42.5 Å². The molecule has 34 heavy (non-hydrogen) atoms. The summed E-state index contributed by atoms with van der Waals surface area (Å²) in [6, 6.07) is 13.4. The maximum absolute atomic E-state index is 11.4. The number of rotatable bonds is 14. The van der Waals surface area contributed by atoms with E-state index in [1.54, 1.807) is 0 Å². The molecule has 3 aromatic rings. The summed E-state index contributed by atoms with van der Waals surface area (Å²) in [5.41, 5.74) is 4.98. The third kappa shape index (κ3) is 7.83. The fourth-order valence-electron chi connectivity index (χ4n) is 4.72. The average Bonchev–Trinajstić information content (AvgIpc) is 3.09. The third-order valence-corrected chi connectivity index (χ3v) is 8.11. The molecule has 0 N–H and O–H groups in total. The van der Waals surface area contributed by atoms with E-state index in [0.717, 1.165) is 23.9 Å². The van der Waals surface area contributed by atoms with Gasteiger partial charge in [-0.3, -0.25) is 0 Å². The number of fused-ring (bicyclic) bond motifs is 3. The van der Waals surface area contributed by atoms with Crippen LogP contribution in [0.4, 0.5) is 0 Å². The Hall–Kier alpha value is -0.850. The Bertz CT molecular complexity index is 1080. The third-order valence-electron chi connectivity index (χ3n) is 6.88. The van der Waals surface area contributed by atoms with Crippen molar-refractivity contribution in [3.8, 4) is 0 Å². The smallest absolute Gasteiger partial charge is 0.748 e. The van der Waals surface area contributed by atoms with Gasteiger partial charge in [-0.25, -0.2) is 8.42 Å². The minimum atomic E-state index is -4.27. The van der Waals surface area contributed by atoms with E-state index < -0.39 is 15.4 Å². The molecule has 1 aromatic heterocycles. The second-order valence-corrected chi connectivity index (χ2v) is 11.4. The maximum Gasteiger partial charge on any atom is 1.00 e. The number of nitrogens with zero attached hydrogens (tertiary/aromatic N) is 1. The zero-order chi connectivity index (χ0) is 23.8. The van der Waals surface area contributed by atoms with Gasteiger partial charge >= 0.3 is 29.6 Å². The molecular formula is C28H40NNaO3S. The number of benzene rings is 2. The molecule has 0 bridgehead atoms. The molecule has 4 nitrogen and oxygen atoms in total. The molecule has 2 aromatic carbocycles. The van der Waals surface area contributed by atoms with Gasteiger partial charge in [0.1, 0.15) is 0 Å². The zero-order valence-corrected chi connectivity index (χ0v) is 24.4. The van der Waals surface area contributed by atoms with Crippen LogP contribution in [0.5, 0.6) is 0 Å². The second-order valence-electron chi connectivity index (χ2n) is 9.57. The Morgan fingerprint density at radius 2 is 1.26 bits per heavy atom. The van der Waals surface area contributed by atoms with E-state index in [1.165, 1.54) is 80.2 Å². The first-order valence-corrected chi connectivity index (χ1v) is 14.3. The summed E-state index contributed by atoms with van der Waals surface area (Å²) >= 11 is 0. The van der Waals surface area contributed by atoms with Crippen molar-refractivity contribution in [2.24, 2.45) is 0 Å². The molecule has 1 heterocycles. The normalized spacial score (nSPS) is 12.8. The Kier molecular flexibility index (Phi) is 12.1. The molecule has 0 saturated carbocycles. The monoisotopic (exact) mass is 493 g/mol. The molecule has 0 saturated heterocycles. The first kappa shape index (κ1) is 29.4.